The molecule has 2 saturated heterocycles. The van der Waals surface area contributed by atoms with Crippen LogP contribution in [0.4, 0.5) is 0 Å². The highest BCUT2D eigenvalue weighted by molar-refractivity contribution is 5.85. The summed E-state index contributed by atoms with van der Waals surface area (Å²) < 4.78 is 5.52. The zero-order valence-corrected chi connectivity index (χ0v) is 11.2. The highest BCUT2D eigenvalue weighted by Gasteiger charge is 2.37. The number of nitrogens with one attached hydrogen (secondary N) is 1. The molecular weight excluding hydrogens is 248 g/mol. The number of nitrogens with zero attached hydrogens (tertiary/aromatic N) is 1. The minimum atomic E-state index is 0. The van der Waals surface area contributed by atoms with E-state index < -0.39 is 0 Å². The number of benzene rings is 1. The van der Waals surface area contributed by atoms with Crippen molar-refractivity contribution in [1.29, 1.82) is 5.41 Å². The van der Waals surface area contributed by atoms with E-state index in [2.05, 4.69) is 29.2 Å². The Morgan fingerprint density at radius 2 is 1.94 bits per heavy atom. The van der Waals surface area contributed by atoms with Crippen molar-refractivity contribution in [2.24, 2.45) is 0 Å². The van der Waals surface area contributed by atoms with E-state index in [1.165, 1.54) is 24.8 Å². The van der Waals surface area contributed by atoms with Gasteiger partial charge >= 0.3 is 0 Å². The zero-order chi connectivity index (χ0) is 11.7. The third-order valence-electron chi connectivity index (χ3n) is 3.90. The molecule has 2 fully saturated rings. The van der Waals surface area contributed by atoms with E-state index >= 15 is 0 Å². The van der Waals surface area contributed by atoms with Crippen molar-refractivity contribution in [2.75, 3.05) is 13.2 Å². The van der Waals surface area contributed by atoms with Crippen molar-refractivity contribution in [3.63, 3.8) is 0 Å². The summed E-state index contributed by atoms with van der Waals surface area (Å²) in [5, 5.41) is 7.87. The number of halogens is 1. The molecule has 0 aliphatic carbocycles. The Kier molecular flexibility index (Phi) is 4.12. The maximum atomic E-state index is 7.87. The van der Waals surface area contributed by atoms with Crippen LogP contribution >= 0.6 is 12.4 Å². The van der Waals surface area contributed by atoms with Gasteiger partial charge in [-0.2, -0.15) is 0 Å². The van der Waals surface area contributed by atoms with E-state index in [1.54, 1.807) is 0 Å². The van der Waals surface area contributed by atoms with Gasteiger partial charge in [0, 0.05) is 18.5 Å². The van der Waals surface area contributed by atoms with Gasteiger partial charge in [0.25, 0.3) is 6.02 Å². The molecule has 2 aliphatic rings. The van der Waals surface area contributed by atoms with Gasteiger partial charge < -0.3 is 9.64 Å². The third kappa shape index (κ3) is 2.32. The van der Waals surface area contributed by atoms with Crippen molar-refractivity contribution in [1.82, 2.24) is 4.90 Å². The molecule has 3 rings (SSSR count). The number of fused-ring (bicyclic) bond motifs is 1. The van der Waals surface area contributed by atoms with Gasteiger partial charge in [-0.1, -0.05) is 30.3 Å². The molecule has 3 nitrogen and oxygen atoms in total. The molecule has 1 N–H and O–H groups in total. The highest BCUT2D eigenvalue weighted by atomic mass is 35.5. The molecule has 0 amide bonds. The van der Waals surface area contributed by atoms with E-state index in [4.69, 9.17) is 10.1 Å². The second-order valence-corrected chi connectivity index (χ2v) is 4.89. The topological polar surface area (TPSA) is 36.3 Å². The average molecular weight is 267 g/mol. The summed E-state index contributed by atoms with van der Waals surface area (Å²) in [5.74, 6) is 0.422. The van der Waals surface area contributed by atoms with E-state index in [0.717, 1.165) is 6.54 Å². The van der Waals surface area contributed by atoms with Gasteiger partial charge in [0.05, 0.1) is 0 Å². The molecule has 2 atom stereocenters. The Morgan fingerprint density at radius 1 is 1.17 bits per heavy atom. The molecule has 1 aromatic carbocycles. The van der Waals surface area contributed by atoms with Crippen molar-refractivity contribution < 1.29 is 4.74 Å². The molecule has 1 aromatic rings. The summed E-state index contributed by atoms with van der Waals surface area (Å²) in [4.78, 5) is 2.14. The van der Waals surface area contributed by atoms with E-state index in [1.807, 2.05) is 6.07 Å². The van der Waals surface area contributed by atoms with Gasteiger partial charge in [-0.25, -0.2) is 0 Å². The van der Waals surface area contributed by atoms with E-state index in [9.17, 15) is 0 Å². The van der Waals surface area contributed by atoms with Crippen molar-refractivity contribution in [3.05, 3.63) is 35.9 Å². The molecule has 98 valence electrons. The number of piperidine rings is 1. The van der Waals surface area contributed by atoms with Crippen LogP contribution in [-0.4, -0.2) is 30.1 Å². The fourth-order valence-electron chi connectivity index (χ4n) is 3.01. The molecule has 0 radical (unpaired) electrons. The van der Waals surface area contributed by atoms with Gasteiger partial charge in [-0.15, -0.1) is 12.4 Å². The van der Waals surface area contributed by atoms with E-state index in [-0.39, 0.29) is 12.4 Å². The molecule has 0 spiro atoms. The smallest absolute Gasteiger partial charge is 0.284 e. The predicted octanol–water partition coefficient (Wildman–Crippen LogP) is 3.01. The summed E-state index contributed by atoms with van der Waals surface area (Å²) in [6, 6.07) is 11.4. The average Bonchev–Trinajstić information content (AvgIpc) is 2.41. The number of rotatable bonds is 1. The lowest BCUT2D eigenvalue weighted by Crippen LogP contribution is -2.52. The quantitative estimate of drug-likeness (QED) is 0.848. The molecule has 4 heteroatoms. The molecule has 0 aromatic heterocycles. The fraction of sp³-hybridized carbons (Fsp3) is 0.500. The number of ether oxygens (including phenoxy) is 1. The van der Waals surface area contributed by atoms with Gasteiger partial charge in [0.1, 0.15) is 6.61 Å². The number of hydrogen-bond donors (Lipinski definition) is 1. The molecule has 2 heterocycles. The Morgan fingerprint density at radius 3 is 2.72 bits per heavy atom. The SMILES string of the molecule is Cl.N=C1OC[C@@H](c2ccccc2)[C@H]2CCCCN12. The minimum absolute atomic E-state index is 0. The van der Waals surface area contributed by atoms with Crippen LogP contribution in [0.2, 0.25) is 0 Å². The molecule has 0 unspecified atom stereocenters. The number of hydrogen-bond acceptors (Lipinski definition) is 2. The minimum Gasteiger partial charge on any atom is -0.465 e. The molecule has 0 saturated carbocycles. The molecule has 0 bridgehead atoms. The standard InChI is InChI=1S/C14H18N2O.ClH/c15-14-16-9-5-4-8-13(16)12(10-17-14)11-6-2-1-3-7-11;/h1-3,6-7,12-13,15H,4-5,8-10H2;1H/t12-,13+;/m0./s1. The summed E-state index contributed by atoms with van der Waals surface area (Å²) in [6.45, 7) is 1.64. The van der Waals surface area contributed by atoms with Gasteiger partial charge in [-0.05, 0) is 24.8 Å². The predicted molar refractivity (Wildman–Crippen MR) is 74.5 cm³/mol. The zero-order valence-electron chi connectivity index (χ0n) is 10.3. The Hall–Kier alpha value is -1.22. The van der Waals surface area contributed by atoms with Crippen LogP contribution in [0, 0.1) is 5.41 Å². The largest absolute Gasteiger partial charge is 0.465 e. The first-order valence-corrected chi connectivity index (χ1v) is 6.39. The summed E-state index contributed by atoms with van der Waals surface area (Å²) in [6.07, 6.45) is 3.65. The van der Waals surface area contributed by atoms with Crippen LogP contribution in [0.5, 0.6) is 0 Å². The first-order chi connectivity index (χ1) is 8.36. The fourth-order valence-corrected chi connectivity index (χ4v) is 3.01. The van der Waals surface area contributed by atoms with Crippen molar-refractivity contribution >= 4 is 18.4 Å². The van der Waals surface area contributed by atoms with Crippen molar-refractivity contribution in [3.8, 4) is 0 Å². The Labute approximate surface area is 114 Å². The van der Waals surface area contributed by atoms with Crippen LogP contribution in [0.15, 0.2) is 30.3 Å². The maximum Gasteiger partial charge on any atom is 0.284 e. The summed E-state index contributed by atoms with van der Waals surface area (Å²) in [7, 11) is 0. The maximum absolute atomic E-state index is 7.87. The monoisotopic (exact) mass is 266 g/mol. The summed E-state index contributed by atoms with van der Waals surface area (Å²) >= 11 is 0. The lowest BCUT2D eigenvalue weighted by Gasteiger charge is -2.45. The molecular formula is C14H19ClN2O. The number of amidine groups is 1. The normalized spacial score (nSPS) is 26.9. The van der Waals surface area contributed by atoms with Crippen molar-refractivity contribution in [2.45, 2.75) is 31.2 Å². The molecule has 18 heavy (non-hydrogen) atoms. The first-order valence-electron chi connectivity index (χ1n) is 6.39. The summed E-state index contributed by atoms with van der Waals surface area (Å²) in [5.41, 5.74) is 1.34. The van der Waals surface area contributed by atoms with Gasteiger partial charge in [-0.3, -0.25) is 5.41 Å². The van der Waals surface area contributed by atoms with Crippen LogP contribution in [0.25, 0.3) is 0 Å². The Bertz CT molecular complexity index is 410. The molecule has 2 aliphatic heterocycles. The van der Waals surface area contributed by atoms with Crippen LogP contribution in [-0.2, 0) is 4.74 Å². The van der Waals surface area contributed by atoms with Crippen LogP contribution in [0.3, 0.4) is 0 Å². The van der Waals surface area contributed by atoms with Gasteiger partial charge in [0.15, 0.2) is 0 Å². The second-order valence-electron chi connectivity index (χ2n) is 4.89. The highest BCUT2D eigenvalue weighted by Crippen LogP contribution is 2.34. The lowest BCUT2D eigenvalue weighted by atomic mass is 9.85. The Balaban J connectivity index is 0.00000120. The van der Waals surface area contributed by atoms with Crippen LogP contribution < -0.4 is 0 Å². The van der Waals surface area contributed by atoms with Gasteiger partial charge in [0.2, 0.25) is 0 Å². The van der Waals surface area contributed by atoms with E-state index in [0.29, 0.717) is 24.6 Å². The first kappa shape index (κ1) is 13.2. The second kappa shape index (κ2) is 5.61. The third-order valence-corrected chi connectivity index (χ3v) is 3.90. The van der Waals surface area contributed by atoms with Crippen LogP contribution in [0.1, 0.15) is 30.7 Å². The lowest BCUT2D eigenvalue weighted by molar-refractivity contribution is 0.0747.